The van der Waals surface area contributed by atoms with E-state index >= 15 is 0 Å². The number of hydrogen-bond acceptors (Lipinski definition) is 3. The molecule has 1 aromatic carbocycles. The second kappa shape index (κ2) is 10.1. The van der Waals surface area contributed by atoms with Crippen LogP contribution in [0, 0.1) is 0 Å². The summed E-state index contributed by atoms with van der Waals surface area (Å²) in [6.45, 7) is 2.72. The predicted molar refractivity (Wildman–Crippen MR) is 116 cm³/mol. The van der Waals surface area contributed by atoms with Crippen molar-refractivity contribution < 1.29 is 22.8 Å². The van der Waals surface area contributed by atoms with Crippen LogP contribution in [0.3, 0.4) is 0 Å². The summed E-state index contributed by atoms with van der Waals surface area (Å²) in [6, 6.07) is 7.47. The number of aromatic nitrogens is 1. The van der Waals surface area contributed by atoms with Gasteiger partial charge in [-0.05, 0) is 43.2 Å². The lowest BCUT2D eigenvalue weighted by Crippen LogP contribution is -2.48. The first-order valence-corrected chi connectivity index (χ1v) is 10.9. The molecule has 0 radical (unpaired) electrons. The normalized spacial score (nSPS) is 15.0. The van der Waals surface area contributed by atoms with E-state index in [9.17, 15) is 22.8 Å². The third-order valence-corrected chi connectivity index (χ3v) is 6.10. The van der Waals surface area contributed by atoms with E-state index in [1.807, 2.05) is 0 Å². The van der Waals surface area contributed by atoms with E-state index in [4.69, 9.17) is 23.2 Å². The average molecular weight is 488 g/mol. The lowest BCUT2D eigenvalue weighted by Gasteiger charge is -2.38. The molecule has 0 unspecified atom stereocenters. The first-order valence-electron chi connectivity index (χ1n) is 10.1. The number of nitrogens with zero attached hydrogens (tertiary/aromatic N) is 3. The molecule has 0 atom stereocenters. The number of amides is 2. The summed E-state index contributed by atoms with van der Waals surface area (Å²) in [5.74, 6) is -0.231. The number of carbonyl (C=O) groups is 2. The van der Waals surface area contributed by atoms with Gasteiger partial charge in [-0.15, -0.1) is 0 Å². The molecule has 172 valence electrons. The zero-order chi connectivity index (χ0) is 23.5. The highest BCUT2D eigenvalue weighted by Gasteiger charge is 2.32. The van der Waals surface area contributed by atoms with Crippen molar-refractivity contribution in [2.75, 3.05) is 19.6 Å². The van der Waals surface area contributed by atoms with E-state index in [2.05, 4.69) is 4.98 Å². The Morgan fingerprint density at radius 2 is 1.78 bits per heavy atom. The van der Waals surface area contributed by atoms with E-state index < -0.39 is 11.7 Å². The number of rotatable bonds is 5. The monoisotopic (exact) mass is 487 g/mol. The second-order valence-electron chi connectivity index (χ2n) is 7.64. The summed E-state index contributed by atoms with van der Waals surface area (Å²) in [7, 11) is 0. The van der Waals surface area contributed by atoms with Crippen molar-refractivity contribution in [3.05, 3.63) is 63.4 Å². The molecule has 32 heavy (non-hydrogen) atoms. The number of halogens is 5. The minimum absolute atomic E-state index is 0.0741. The highest BCUT2D eigenvalue weighted by molar-refractivity contribution is 6.31. The van der Waals surface area contributed by atoms with Gasteiger partial charge >= 0.3 is 6.18 Å². The number of carbonyl (C=O) groups excluding carboxylic acids is 2. The third-order valence-electron chi connectivity index (χ3n) is 5.52. The number of hydrogen-bond donors (Lipinski definition) is 0. The van der Waals surface area contributed by atoms with Crippen LogP contribution in [-0.4, -0.2) is 52.3 Å². The molecule has 0 bridgehead atoms. The zero-order valence-corrected chi connectivity index (χ0v) is 18.8. The highest BCUT2D eigenvalue weighted by atomic mass is 35.5. The maximum absolute atomic E-state index is 12.8. The van der Waals surface area contributed by atoms with Crippen LogP contribution >= 0.6 is 23.2 Å². The molecule has 5 nitrogen and oxygen atoms in total. The Morgan fingerprint density at radius 1 is 1.16 bits per heavy atom. The van der Waals surface area contributed by atoms with Gasteiger partial charge in [0.2, 0.25) is 5.91 Å². The molecule has 1 fully saturated rings. The van der Waals surface area contributed by atoms with Gasteiger partial charge in [-0.2, -0.15) is 13.2 Å². The largest absolute Gasteiger partial charge is 0.417 e. The van der Waals surface area contributed by atoms with Crippen LogP contribution in [0.25, 0.3) is 0 Å². The smallest absolute Gasteiger partial charge is 0.339 e. The summed E-state index contributed by atoms with van der Waals surface area (Å²) in [4.78, 5) is 32.2. The van der Waals surface area contributed by atoms with Gasteiger partial charge < -0.3 is 9.80 Å². The van der Waals surface area contributed by atoms with Crippen LogP contribution in [-0.2, 0) is 17.4 Å². The van der Waals surface area contributed by atoms with E-state index in [-0.39, 0.29) is 35.8 Å². The summed E-state index contributed by atoms with van der Waals surface area (Å²) >= 11 is 11.9. The molecule has 1 aliphatic rings. The quantitative estimate of drug-likeness (QED) is 0.589. The Morgan fingerprint density at radius 3 is 2.31 bits per heavy atom. The lowest BCUT2D eigenvalue weighted by atomic mass is 10.0. The average Bonchev–Trinajstić information content (AvgIpc) is 2.74. The molecule has 1 aromatic heterocycles. The molecule has 3 rings (SSSR count). The van der Waals surface area contributed by atoms with Gasteiger partial charge in [0.15, 0.2) is 0 Å². The lowest BCUT2D eigenvalue weighted by molar-refractivity contribution is -0.137. The Labute approximate surface area is 194 Å². The molecule has 0 spiro atoms. The highest BCUT2D eigenvalue weighted by Crippen LogP contribution is 2.31. The van der Waals surface area contributed by atoms with Crippen LogP contribution < -0.4 is 0 Å². The predicted octanol–water partition coefficient (Wildman–Crippen LogP) is 5.10. The second-order valence-corrected chi connectivity index (χ2v) is 8.49. The number of benzene rings is 1. The van der Waals surface area contributed by atoms with Crippen LogP contribution in [0.15, 0.2) is 36.5 Å². The standard InChI is InChI=1S/C22H22Cl2F3N3O2/c1-14(31)30(11-8-20-19(24)12-16(13-28-20)22(25,26)27)18-6-9-29(10-7-18)21(32)15-2-4-17(23)5-3-15/h2-5,12-13,18H,6-11H2,1H3. The Kier molecular flexibility index (Phi) is 7.67. The molecule has 0 N–H and O–H groups in total. The van der Waals surface area contributed by atoms with Crippen molar-refractivity contribution in [2.45, 2.75) is 38.4 Å². The Hall–Kier alpha value is -2.32. The van der Waals surface area contributed by atoms with E-state index in [0.717, 1.165) is 12.3 Å². The van der Waals surface area contributed by atoms with Crippen molar-refractivity contribution in [3.63, 3.8) is 0 Å². The molecule has 2 heterocycles. The molecule has 0 aliphatic carbocycles. The number of likely N-dealkylation sites (tertiary alicyclic amines) is 1. The van der Waals surface area contributed by atoms with Crippen molar-refractivity contribution >= 4 is 35.0 Å². The van der Waals surface area contributed by atoms with Crippen LogP contribution in [0.4, 0.5) is 13.2 Å². The van der Waals surface area contributed by atoms with Gasteiger partial charge in [-0.1, -0.05) is 23.2 Å². The number of alkyl halides is 3. The van der Waals surface area contributed by atoms with Gasteiger partial charge in [0.1, 0.15) is 0 Å². The molecule has 1 saturated heterocycles. The fraction of sp³-hybridized carbons (Fsp3) is 0.409. The fourth-order valence-electron chi connectivity index (χ4n) is 3.78. The number of pyridine rings is 1. The van der Waals surface area contributed by atoms with Gasteiger partial charge in [-0.3, -0.25) is 14.6 Å². The Bertz CT molecular complexity index is 975. The van der Waals surface area contributed by atoms with Crippen molar-refractivity contribution in [1.82, 2.24) is 14.8 Å². The van der Waals surface area contributed by atoms with Gasteiger partial charge in [0.25, 0.3) is 5.91 Å². The minimum atomic E-state index is -4.52. The molecule has 10 heteroatoms. The first-order chi connectivity index (χ1) is 15.1. The van der Waals surface area contributed by atoms with Crippen LogP contribution in [0.2, 0.25) is 10.0 Å². The minimum Gasteiger partial charge on any atom is -0.339 e. The maximum atomic E-state index is 12.8. The van der Waals surface area contributed by atoms with E-state index in [1.54, 1.807) is 34.1 Å². The zero-order valence-electron chi connectivity index (χ0n) is 17.3. The van der Waals surface area contributed by atoms with Gasteiger partial charge in [-0.25, -0.2) is 0 Å². The molecule has 2 amide bonds. The SMILES string of the molecule is CC(=O)N(CCc1ncc(C(F)(F)F)cc1Cl)C1CCN(C(=O)c2ccc(Cl)cc2)CC1. The first kappa shape index (κ1) is 24.3. The van der Waals surface area contributed by atoms with Gasteiger partial charge in [0.05, 0.1) is 16.3 Å². The third kappa shape index (κ3) is 5.92. The molecule has 1 aliphatic heterocycles. The maximum Gasteiger partial charge on any atom is 0.417 e. The van der Waals surface area contributed by atoms with Crippen molar-refractivity contribution in [1.29, 1.82) is 0 Å². The van der Waals surface area contributed by atoms with E-state index in [1.165, 1.54) is 6.92 Å². The topological polar surface area (TPSA) is 53.5 Å². The molecular formula is C22H22Cl2F3N3O2. The van der Waals surface area contributed by atoms with Crippen LogP contribution in [0.1, 0.15) is 41.4 Å². The molecular weight excluding hydrogens is 466 g/mol. The summed E-state index contributed by atoms with van der Waals surface area (Å²) < 4.78 is 38.4. The fourth-order valence-corrected chi connectivity index (χ4v) is 4.17. The summed E-state index contributed by atoms with van der Waals surface area (Å²) in [5.41, 5.74) is -0.0482. The van der Waals surface area contributed by atoms with Crippen molar-refractivity contribution in [2.24, 2.45) is 0 Å². The Balaban J connectivity index is 1.59. The molecule has 0 saturated carbocycles. The molecule has 2 aromatic rings. The van der Waals surface area contributed by atoms with Crippen LogP contribution in [0.5, 0.6) is 0 Å². The summed E-state index contributed by atoms with van der Waals surface area (Å²) in [5, 5.41) is 0.478. The summed E-state index contributed by atoms with van der Waals surface area (Å²) in [6.07, 6.45) is -2.32. The van der Waals surface area contributed by atoms with Gasteiger partial charge in [0, 0.05) is 55.8 Å². The van der Waals surface area contributed by atoms with Crippen molar-refractivity contribution in [3.8, 4) is 0 Å². The van der Waals surface area contributed by atoms with E-state index in [0.29, 0.717) is 42.2 Å². The number of piperidine rings is 1.